The third kappa shape index (κ3) is 3.73. The summed E-state index contributed by atoms with van der Waals surface area (Å²) in [4.78, 5) is 30.7. The fraction of sp³-hybridized carbons (Fsp3) is 0.304. The number of para-hydroxylation sites is 1. The van der Waals surface area contributed by atoms with E-state index in [2.05, 4.69) is 31.0 Å². The number of methoxy groups -OCH3 is 1. The molecule has 2 N–H and O–H groups in total. The average Bonchev–Trinajstić information content (AvgIpc) is 3.44. The summed E-state index contributed by atoms with van der Waals surface area (Å²) >= 11 is 0. The number of carbonyl (C=O) groups is 2. The number of allylic oxidation sites excluding steroid dienone is 1. The van der Waals surface area contributed by atoms with Crippen molar-refractivity contribution in [3.8, 4) is 17.1 Å². The number of nitrogens with zero attached hydrogens (tertiary/aromatic N) is 5. The molecule has 2 aliphatic rings. The minimum absolute atomic E-state index is 0.0286. The highest BCUT2D eigenvalue weighted by Gasteiger charge is 2.32. The molecule has 0 atom stereocenters. The number of aromatic nitrogens is 5. The topological polar surface area (TPSA) is 124 Å². The summed E-state index contributed by atoms with van der Waals surface area (Å²) in [6, 6.07) is 5.73. The smallest absolute Gasteiger partial charge is 0.253 e. The molecule has 1 aromatic carbocycles. The van der Waals surface area contributed by atoms with Gasteiger partial charge in [0.1, 0.15) is 11.6 Å². The Morgan fingerprint density at radius 1 is 1.21 bits per heavy atom. The third-order valence-corrected chi connectivity index (χ3v) is 5.89. The molecule has 2 aliphatic carbocycles. The number of amides is 2. The zero-order valence-electron chi connectivity index (χ0n) is 18.5. The monoisotopic (exact) mass is 445 g/mol. The van der Waals surface area contributed by atoms with E-state index in [0.29, 0.717) is 34.9 Å². The second-order valence-electron chi connectivity index (χ2n) is 8.09. The number of tetrazole rings is 1. The lowest BCUT2D eigenvalue weighted by Gasteiger charge is -2.14. The number of nitrogens with one attached hydrogen (secondary N) is 2. The molecule has 0 radical (unpaired) electrons. The number of aryl methyl sites for hydroxylation is 1. The van der Waals surface area contributed by atoms with Gasteiger partial charge in [-0.1, -0.05) is 12.1 Å². The Balaban J connectivity index is 1.58. The van der Waals surface area contributed by atoms with Crippen molar-refractivity contribution in [3.05, 3.63) is 46.6 Å². The maximum Gasteiger partial charge on any atom is 0.253 e. The van der Waals surface area contributed by atoms with Crippen LogP contribution in [0.3, 0.4) is 0 Å². The van der Waals surface area contributed by atoms with Crippen LogP contribution in [0.1, 0.15) is 39.9 Å². The van der Waals surface area contributed by atoms with Crippen LogP contribution in [0.4, 0.5) is 5.82 Å². The number of carbonyl (C=O) groups excluding carboxylic acids is 2. The van der Waals surface area contributed by atoms with Crippen molar-refractivity contribution in [1.29, 1.82) is 0 Å². The molecule has 5 rings (SSSR count). The molecule has 1 fully saturated rings. The molecular formula is C23H23N7O3. The van der Waals surface area contributed by atoms with Crippen molar-refractivity contribution in [3.63, 3.8) is 0 Å². The lowest BCUT2D eigenvalue weighted by molar-refractivity contribution is -0.117. The van der Waals surface area contributed by atoms with E-state index in [0.717, 1.165) is 35.1 Å². The first kappa shape index (κ1) is 20.8. The maximum atomic E-state index is 12.5. The number of hydrogen-bond donors (Lipinski definition) is 2. The summed E-state index contributed by atoms with van der Waals surface area (Å²) < 4.78 is 5.76. The van der Waals surface area contributed by atoms with Gasteiger partial charge in [-0.05, 0) is 41.3 Å². The predicted octanol–water partition coefficient (Wildman–Crippen LogP) is 2.09. The molecule has 168 valence electrons. The molecule has 2 amide bonds. The summed E-state index contributed by atoms with van der Waals surface area (Å²) in [5.74, 6) is 1.35. The fourth-order valence-corrected chi connectivity index (χ4v) is 4.06. The van der Waals surface area contributed by atoms with Crippen molar-refractivity contribution in [2.45, 2.75) is 19.3 Å². The number of rotatable bonds is 6. The maximum absolute atomic E-state index is 12.5. The highest BCUT2D eigenvalue weighted by molar-refractivity contribution is 6.05. The van der Waals surface area contributed by atoms with Gasteiger partial charge in [0, 0.05) is 36.7 Å². The van der Waals surface area contributed by atoms with Crippen LogP contribution in [-0.2, 0) is 18.3 Å². The number of benzene rings is 1. The first-order valence-corrected chi connectivity index (χ1v) is 10.7. The molecule has 2 heterocycles. The minimum Gasteiger partial charge on any atom is -0.495 e. The van der Waals surface area contributed by atoms with E-state index in [1.54, 1.807) is 21.2 Å². The molecule has 0 saturated heterocycles. The summed E-state index contributed by atoms with van der Waals surface area (Å²) in [5, 5.41) is 17.9. The Labute approximate surface area is 190 Å². The Morgan fingerprint density at radius 2 is 2.00 bits per heavy atom. The van der Waals surface area contributed by atoms with Gasteiger partial charge in [-0.3, -0.25) is 9.59 Å². The van der Waals surface area contributed by atoms with Gasteiger partial charge >= 0.3 is 0 Å². The fourth-order valence-electron chi connectivity index (χ4n) is 4.06. The van der Waals surface area contributed by atoms with Crippen molar-refractivity contribution in [1.82, 2.24) is 30.5 Å². The molecule has 0 spiro atoms. The molecule has 0 aliphatic heterocycles. The molecule has 0 unspecified atom stereocenters. The largest absolute Gasteiger partial charge is 0.495 e. The van der Waals surface area contributed by atoms with E-state index in [1.165, 1.54) is 11.0 Å². The molecule has 0 bridgehead atoms. The van der Waals surface area contributed by atoms with Crippen LogP contribution in [0, 0.1) is 5.92 Å². The number of fused-ring (bicyclic) bond motifs is 1. The quantitative estimate of drug-likeness (QED) is 0.595. The van der Waals surface area contributed by atoms with Gasteiger partial charge in [0.2, 0.25) is 11.7 Å². The zero-order valence-corrected chi connectivity index (χ0v) is 18.5. The summed E-state index contributed by atoms with van der Waals surface area (Å²) in [6.45, 7) is 0. The first-order chi connectivity index (χ1) is 16.0. The standard InChI is InChI=1S/C23H23N7O3/c1-24-23(32)18-11-25-20(26-22(31)12-7-8-12)17-10-13(9-16(17)18)14-5-4-6-15(19(14)33-3)21-27-29-30(2)28-21/h4-6,9,11-12H,7-8,10H2,1-3H3,(H,24,32)(H,25,26,31). The lowest BCUT2D eigenvalue weighted by atomic mass is 9.99. The van der Waals surface area contributed by atoms with Gasteiger partial charge in [0.15, 0.2) is 0 Å². The van der Waals surface area contributed by atoms with E-state index in [1.807, 2.05) is 24.3 Å². The predicted molar refractivity (Wildman–Crippen MR) is 121 cm³/mol. The zero-order chi connectivity index (χ0) is 23.1. The first-order valence-electron chi connectivity index (χ1n) is 10.7. The second kappa shape index (κ2) is 8.12. The van der Waals surface area contributed by atoms with Crippen LogP contribution < -0.4 is 15.4 Å². The molecule has 1 saturated carbocycles. The molecule has 33 heavy (non-hydrogen) atoms. The van der Waals surface area contributed by atoms with Crippen molar-refractivity contribution in [2.24, 2.45) is 13.0 Å². The summed E-state index contributed by atoms with van der Waals surface area (Å²) in [6.07, 6.45) is 5.75. The molecular weight excluding hydrogens is 422 g/mol. The van der Waals surface area contributed by atoms with Crippen molar-refractivity contribution < 1.29 is 14.3 Å². The van der Waals surface area contributed by atoms with E-state index < -0.39 is 0 Å². The Hall–Kier alpha value is -4.08. The number of pyridine rings is 1. The minimum atomic E-state index is -0.235. The number of anilines is 1. The highest BCUT2D eigenvalue weighted by Crippen LogP contribution is 2.42. The van der Waals surface area contributed by atoms with Crippen LogP contribution in [0.15, 0.2) is 24.4 Å². The van der Waals surface area contributed by atoms with Gasteiger partial charge in [-0.2, -0.15) is 4.80 Å². The van der Waals surface area contributed by atoms with E-state index in [4.69, 9.17) is 4.74 Å². The van der Waals surface area contributed by atoms with Crippen LogP contribution >= 0.6 is 0 Å². The van der Waals surface area contributed by atoms with E-state index >= 15 is 0 Å². The molecule has 10 nitrogen and oxygen atoms in total. The van der Waals surface area contributed by atoms with Gasteiger partial charge in [-0.15, -0.1) is 10.2 Å². The van der Waals surface area contributed by atoms with Crippen LogP contribution in [0.25, 0.3) is 23.0 Å². The highest BCUT2D eigenvalue weighted by atomic mass is 16.5. The molecule has 10 heteroatoms. The van der Waals surface area contributed by atoms with Crippen LogP contribution in [0.5, 0.6) is 5.75 Å². The van der Waals surface area contributed by atoms with Gasteiger partial charge in [0.25, 0.3) is 5.91 Å². The van der Waals surface area contributed by atoms with E-state index in [9.17, 15) is 9.59 Å². The molecule has 2 aromatic heterocycles. The summed E-state index contributed by atoms with van der Waals surface area (Å²) in [7, 11) is 4.88. The molecule has 3 aromatic rings. The second-order valence-corrected chi connectivity index (χ2v) is 8.09. The van der Waals surface area contributed by atoms with Gasteiger partial charge in [-0.25, -0.2) is 4.98 Å². The van der Waals surface area contributed by atoms with Crippen molar-refractivity contribution >= 4 is 29.3 Å². The van der Waals surface area contributed by atoms with Crippen LogP contribution in [0.2, 0.25) is 0 Å². The summed E-state index contributed by atoms with van der Waals surface area (Å²) in [5.41, 5.74) is 4.51. The third-order valence-electron chi connectivity index (χ3n) is 5.89. The Morgan fingerprint density at radius 3 is 2.67 bits per heavy atom. The van der Waals surface area contributed by atoms with Gasteiger partial charge < -0.3 is 15.4 Å². The van der Waals surface area contributed by atoms with Gasteiger partial charge in [0.05, 0.1) is 25.3 Å². The van der Waals surface area contributed by atoms with Crippen molar-refractivity contribution in [2.75, 3.05) is 19.5 Å². The Kier molecular flexibility index (Phi) is 5.12. The number of hydrogen-bond acceptors (Lipinski definition) is 7. The SMILES string of the molecule is CNC(=O)c1cnc(NC(=O)C2CC2)c2c1C=C(c1cccc(-c3nnn(C)n3)c1OC)C2. The average molecular weight is 445 g/mol. The lowest BCUT2D eigenvalue weighted by Crippen LogP contribution is -2.21. The van der Waals surface area contributed by atoms with Crippen LogP contribution in [-0.4, -0.2) is 51.2 Å². The van der Waals surface area contributed by atoms with E-state index in [-0.39, 0.29) is 17.7 Å². The Bertz CT molecular complexity index is 1310. The normalized spacial score (nSPS) is 14.5. The number of ether oxygens (including phenoxy) is 1.